The van der Waals surface area contributed by atoms with Crippen LogP contribution in [0.15, 0.2) is 35.1 Å². The molecule has 1 aliphatic heterocycles. The molecule has 2 aromatic heterocycles. The molecule has 3 heterocycles. The zero-order valence-corrected chi connectivity index (χ0v) is 16.1. The monoisotopic (exact) mass is 383 g/mol. The molecule has 1 fully saturated rings. The van der Waals surface area contributed by atoms with Gasteiger partial charge in [0.2, 0.25) is 16.0 Å². The third-order valence-corrected chi connectivity index (χ3v) is 5.87. The summed E-state index contributed by atoms with van der Waals surface area (Å²) in [5.74, 6) is 0.0556. The Morgan fingerprint density at radius 2 is 1.96 bits per heavy atom. The van der Waals surface area contributed by atoms with Gasteiger partial charge in [-0.2, -0.15) is 4.52 Å². The van der Waals surface area contributed by atoms with Crippen molar-refractivity contribution < 1.29 is 4.79 Å². The van der Waals surface area contributed by atoms with E-state index < -0.39 is 0 Å². The molecule has 0 unspecified atom stereocenters. The Kier molecular flexibility index (Phi) is 4.65. The van der Waals surface area contributed by atoms with Gasteiger partial charge < -0.3 is 10.2 Å². The average molecular weight is 383 g/mol. The fourth-order valence-corrected chi connectivity index (χ4v) is 4.32. The van der Waals surface area contributed by atoms with Gasteiger partial charge in [-0.25, -0.2) is 4.98 Å². The van der Waals surface area contributed by atoms with E-state index in [1.807, 2.05) is 31.2 Å². The first-order valence-corrected chi connectivity index (χ1v) is 9.82. The lowest BCUT2D eigenvalue weighted by atomic mass is 9.96. The third kappa shape index (κ3) is 3.57. The molecule has 1 aromatic carbocycles. The maximum atomic E-state index is 12.6. The number of rotatable bonds is 3. The highest BCUT2D eigenvalue weighted by Crippen LogP contribution is 2.27. The van der Waals surface area contributed by atoms with Gasteiger partial charge in [0.05, 0.1) is 0 Å². The Morgan fingerprint density at radius 3 is 2.70 bits per heavy atom. The summed E-state index contributed by atoms with van der Waals surface area (Å²) in [5.41, 5.74) is 2.47. The summed E-state index contributed by atoms with van der Waals surface area (Å²) < 4.78 is 1.35. The fourth-order valence-electron chi connectivity index (χ4n) is 3.32. The number of carbonyl (C=O) groups excluding carboxylic acids is 1. The molecule has 0 radical (unpaired) electrons. The quantitative estimate of drug-likeness (QED) is 0.752. The second-order valence-corrected chi connectivity index (χ2v) is 7.81. The molecule has 0 spiro atoms. The van der Waals surface area contributed by atoms with E-state index in [-0.39, 0.29) is 17.4 Å². The largest absolute Gasteiger partial charge is 0.347 e. The Bertz CT molecular complexity index is 1050. The van der Waals surface area contributed by atoms with Crippen LogP contribution >= 0.6 is 11.3 Å². The molecule has 0 bridgehead atoms. The molecule has 1 N–H and O–H groups in total. The summed E-state index contributed by atoms with van der Waals surface area (Å²) in [6.45, 7) is 5.27. The van der Waals surface area contributed by atoms with Crippen LogP contribution in [-0.2, 0) is 4.79 Å². The Labute approximate surface area is 160 Å². The summed E-state index contributed by atoms with van der Waals surface area (Å²) in [7, 11) is 0. The Morgan fingerprint density at radius 1 is 1.22 bits per heavy atom. The summed E-state index contributed by atoms with van der Waals surface area (Å²) in [6.07, 6.45) is 1.52. The highest BCUT2D eigenvalue weighted by atomic mass is 32.1. The van der Waals surface area contributed by atoms with Crippen molar-refractivity contribution in [2.45, 2.75) is 26.7 Å². The van der Waals surface area contributed by atoms with Crippen molar-refractivity contribution in [3.8, 4) is 0 Å². The summed E-state index contributed by atoms with van der Waals surface area (Å²) >= 11 is 1.41. The number of para-hydroxylation sites is 1. The molecular weight excluding hydrogens is 362 g/mol. The number of piperidine rings is 1. The number of nitrogens with zero attached hydrogens (tertiary/aromatic N) is 4. The van der Waals surface area contributed by atoms with Crippen LogP contribution in [0.4, 0.5) is 10.8 Å². The fraction of sp³-hybridized carbons (Fsp3) is 0.368. The number of carbonyl (C=O) groups is 1. The van der Waals surface area contributed by atoms with Gasteiger partial charge in [0, 0.05) is 36.5 Å². The number of aryl methyl sites for hydroxylation is 2. The predicted molar refractivity (Wildman–Crippen MR) is 107 cm³/mol. The predicted octanol–water partition coefficient (Wildman–Crippen LogP) is 2.62. The number of fused-ring (bicyclic) bond motifs is 1. The Balaban J connectivity index is 1.43. The van der Waals surface area contributed by atoms with Crippen LogP contribution in [0, 0.1) is 19.8 Å². The number of nitrogens with one attached hydrogen (secondary N) is 1. The first-order valence-electron chi connectivity index (χ1n) is 9.00. The number of aromatic nitrogens is 3. The van der Waals surface area contributed by atoms with Crippen LogP contribution in [0.5, 0.6) is 0 Å². The van der Waals surface area contributed by atoms with E-state index in [9.17, 15) is 9.59 Å². The first-order chi connectivity index (χ1) is 13.0. The highest BCUT2D eigenvalue weighted by molar-refractivity contribution is 7.20. The minimum Gasteiger partial charge on any atom is -0.347 e. The van der Waals surface area contributed by atoms with E-state index in [0.29, 0.717) is 10.7 Å². The summed E-state index contributed by atoms with van der Waals surface area (Å²) in [6, 6.07) is 9.29. The van der Waals surface area contributed by atoms with Crippen LogP contribution in [0.3, 0.4) is 0 Å². The van der Waals surface area contributed by atoms with Crippen molar-refractivity contribution in [2.75, 3.05) is 23.3 Å². The molecule has 140 valence electrons. The molecule has 4 rings (SSSR count). The van der Waals surface area contributed by atoms with Crippen LogP contribution < -0.4 is 15.8 Å². The number of benzene rings is 1. The van der Waals surface area contributed by atoms with Crippen LogP contribution in [0.2, 0.25) is 0 Å². The van der Waals surface area contributed by atoms with Gasteiger partial charge in [-0.05, 0) is 38.3 Å². The highest BCUT2D eigenvalue weighted by Gasteiger charge is 2.27. The van der Waals surface area contributed by atoms with Gasteiger partial charge in [0.25, 0.3) is 5.56 Å². The molecule has 8 heteroatoms. The molecule has 27 heavy (non-hydrogen) atoms. The molecule has 1 saturated heterocycles. The molecule has 0 atom stereocenters. The second kappa shape index (κ2) is 7.11. The van der Waals surface area contributed by atoms with Crippen molar-refractivity contribution in [2.24, 2.45) is 5.92 Å². The average Bonchev–Trinajstić information content (AvgIpc) is 3.08. The Hall–Kier alpha value is -2.74. The van der Waals surface area contributed by atoms with E-state index in [1.54, 1.807) is 6.92 Å². The van der Waals surface area contributed by atoms with Crippen LogP contribution in [-0.4, -0.2) is 33.6 Å². The maximum Gasteiger partial charge on any atom is 0.275 e. The molecule has 3 aromatic rings. The van der Waals surface area contributed by atoms with Crippen LogP contribution in [0.25, 0.3) is 4.96 Å². The SMILES string of the molecule is Cc1cc(=O)n2nc(N3CCC(C(=O)Nc4ccccc4C)CC3)sc2n1. The van der Waals surface area contributed by atoms with Crippen LogP contribution in [0.1, 0.15) is 24.1 Å². The van der Waals surface area contributed by atoms with Crippen molar-refractivity contribution >= 4 is 33.0 Å². The number of anilines is 2. The second-order valence-electron chi connectivity index (χ2n) is 6.88. The lowest BCUT2D eigenvalue weighted by molar-refractivity contribution is -0.120. The van der Waals surface area contributed by atoms with Gasteiger partial charge in [-0.3, -0.25) is 9.59 Å². The minimum atomic E-state index is -0.160. The smallest absolute Gasteiger partial charge is 0.275 e. The number of hydrogen-bond donors (Lipinski definition) is 1. The van der Waals surface area contributed by atoms with Gasteiger partial charge in [-0.15, -0.1) is 5.10 Å². The van der Waals surface area contributed by atoms with Gasteiger partial charge >= 0.3 is 0 Å². The van der Waals surface area contributed by atoms with Crippen molar-refractivity contribution in [1.29, 1.82) is 0 Å². The van der Waals surface area contributed by atoms with E-state index in [2.05, 4.69) is 20.3 Å². The molecule has 7 nitrogen and oxygen atoms in total. The number of hydrogen-bond acceptors (Lipinski definition) is 6. The standard InChI is InChI=1S/C19H21N5O2S/c1-12-5-3-4-6-15(12)21-17(26)14-7-9-23(10-8-14)19-22-24-16(25)11-13(2)20-18(24)27-19/h3-6,11,14H,7-10H2,1-2H3,(H,21,26). The molecule has 0 aliphatic carbocycles. The lowest BCUT2D eigenvalue weighted by Gasteiger charge is -2.30. The first kappa shape index (κ1) is 17.7. The molecule has 0 saturated carbocycles. The number of amides is 1. The van der Waals surface area contributed by atoms with Crippen molar-refractivity contribution in [1.82, 2.24) is 14.6 Å². The minimum absolute atomic E-state index is 0.0154. The topological polar surface area (TPSA) is 79.6 Å². The lowest BCUT2D eigenvalue weighted by Crippen LogP contribution is -2.38. The molecular formula is C19H21N5O2S. The van der Waals surface area contributed by atoms with Crippen molar-refractivity contribution in [3.63, 3.8) is 0 Å². The van der Waals surface area contributed by atoms with E-state index >= 15 is 0 Å². The summed E-state index contributed by atoms with van der Waals surface area (Å²) in [4.78, 5) is 31.7. The molecule has 1 amide bonds. The zero-order chi connectivity index (χ0) is 19.0. The van der Waals surface area contributed by atoms with Gasteiger partial charge in [-0.1, -0.05) is 29.5 Å². The third-order valence-electron chi connectivity index (χ3n) is 4.90. The van der Waals surface area contributed by atoms with E-state index in [0.717, 1.165) is 42.3 Å². The van der Waals surface area contributed by atoms with Crippen molar-refractivity contribution in [3.05, 3.63) is 51.9 Å². The summed E-state index contributed by atoms with van der Waals surface area (Å²) in [5, 5.41) is 8.24. The zero-order valence-electron chi connectivity index (χ0n) is 15.3. The maximum absolute atomic E-state index is 12.6. The van der Waals surface area contributed by atoms with E-state index in [4.69, 9.17) is 0 Å². The van der Waals surface area contributed by atoms with Gasteiger partial charge in [0.1, 0.15) is 0 Å². The molecule has 1 aliphatic rings. The van der Waals surface area contributed by atoms with E-state index in [1.165, 1.54) is 21.9 Å². The van der Waals surface area contributed by atoms with Gasteiger partial charge in [0.15, 0.2) is 0 Å². The normalized spacial score (nSPS) is 15.3.